The minimum Gasteiger partial charge on any atom is -0.508 e. The molecule has 8 heteroatoms. The number of ether oxygens (including phenoxy) is 4. The van der Waals surface area contributed by atoms with E-state index in [-0.39, 0.29) is 35.6 Å². The smallest absolute Gasteiger partial charge is 0.171 e. The van der Waals surface area contributed by atoms with Gasteiger partial charge in [0.2, 0.25) is 0 Å². The topological polar surface area (TPSA) is 97.6 Å². The molecular formula is C49H49FO7. The molecule has 6 aromatic rings. The molecule has 0 saturated carbocycles. The lowest BCUT2D eigenvalue weighted by Crippen LogP contribution is -2.23. The summed E-state index contributed by atoms with van der Waals surface area (Å²) >= 11 is 0. The van der Waals surface area contributed by atoms with Crippen molar-refractivity contribution >= 4 is 0 Å². The molecule has 0 bridgehead atoms. The monoisotopic (exact) mass is 768 g/mol. The van der Waals surface area contributed by atoms with Crippen LogP contribution in [0.1, 0.15) is 82.6 Å². The highest BCUT2D eigenvalue weighted by Gasteiger charge is 2.29. The van der Waals surface area contributed by atoms with Gasteiger partial charge in [-0.1, -0.05) is 73.7 Å². The molecule has 0 fully saturated rings. The number of aryl methyl sites for hydroxylation is 4. The maximum atomic E-state index is 14.3. The van der Waals surface area contributed by atoms with E-state index in [1.54, 1.807) is 48.5 Å². The van der Waals surface area contributed by atoms with Crippen molar-refractivity contribution in [1.29, 1.82) is 0 Å². The van der Waals surface area contributed by atoms with Gasteiger partial charge in [0, 0.05) is 11.5 Å². The third kappa shape index (κ3) is 8.96. The zero-order valence-corrected chi connectivity index (χ0v) is 32.7. The van der Waals surface area contributed by atoms with Crippen molar-refractivity contribution in [3.8, 4) is 40.2 Å². The van der Waals surface area contributed by atoms with Gasteiger partial charge in [-0.15, -0.1) is 0 Å². The fraction of sp³-hybridized carbons (Fsp3) is 0.265. The lowest BCUT2D eigenvalue weighted by Gasteiger charge is -2.32. The van der Waals surface area contributed by atoms with Crippen LogP contribution in [0.25, 0.3) is 0 Å². The second-order valence-corrected chi connectivity index (χ2v) is 15.0. The zero-order valence-electron chi connectivity index (χ0n) is 32.7. The van der Waals surface area contributed by atoms with Crippen LogP contribution >= 0.6 is 0 Å². The lowest BCUT2D eigenvalue weighted by atomic mass is 9.88. The van der Waals surface area contributed by atoms with Crippen LogP contribution < -0.4 is 18.9 Å². The molecule has 294 valence electrons. The Balaban J connectivity index is 0.000000131. The minimum atomic E-state index is -0.373. The number of fused-ring (bicyclic) bond motifs is 3. The highest BCUT2D eigenvalue weighted by atomic mass is 19.1. The molecule has 3 aliphatic rings. The summed E-state index contributed by atoms with van der Waals surface area (Å²) in [4.78, 5) is 0. The first-order valence-corrected chi connectivity index (χ1v) is 19.5. The van der Waals surface area contributed by atoms with Crippen molar-refractivity contribution in [2.45, 2.75) is 71.2 Å². The molecular weight excluding hydrogens is 720 g/mol. The van der Waals surface area contributed by atoms with E-state index in [0.717, 1.165) is 59.4 Å². The van der Waals surface area contributed by atoms with Gasteiger partial charge >= 0.3 is 0 Å². The molecule has 4 unspecified atom stereocenters. The van der Waals surface area contributed by atoms with Gasteiger partial charge in [-0.25, -0.2) is 4.39 Å². The van der Waals surface area contributed by atoms with E-state index in [1.807, 2.05) is 43.3 Å². The SMILES string of the molecule is CC1Cc2cc(O)ccc2OC1c1ccccc1.COc1cccc(C2CCc3cc(O)ccc3O2)c1F.Cc1cc2c(cc1O)CCC(c1ccccc1C)O2. The van der Waals surface area contributed by atoms with Gasteiger partial charge in [0.15, 0.2) is 11.6 Å². The van der Waals surface area contributed by atoms with Crippen molar-refractivity contribution < 1.29 is 38.7 Å². The van der Waals surface area contributed by atoms with Crippen LogP contribution in [0, 0.1) is 25.6 Å². The maximum absolute atomic E-state index is 14.3. The summed E-state index contributed by atoms with van der Waals surface area (Å²) in [7, 11) is 1.45. The molecule has 7 nitrogen and oxygen atoms in total. The number of methoxy groups -OCH3 is 1. The second-order valence-electron chi connectivity index (χ2n) is 15.0. The van der Waals surface area contributed by atoms with Crippen molar-refractivity contribution in [2.75, 3.05) is 7.11 Å². The zero-order chi connectivity index (χ0) is 40.1. The number of hydrogen-bond acceptors (Lipinski definition) is 7. The number of hydrogen-bond donors (Lipinski definition) is 3. The number of phenols is 3. The standard InChI is InChI=1S/C17H18O2.C16H15FO3.C16H16O2/c1-11-5-3-4-6-14(11)16-8-7-13-10-15(18)12(2)9-17(13)19-16;1-19-15-4-2-3-12(16(15)17)14-7-5-10-9-11(18)6-8-13(10)20-14;1-11-9-13-10-14(17)7-8-15(13)18-16(11)12-5-3-2-4-6-12/h3-6,9-10,16,18H,7-8H2,1-2H3;2-4,6,8-9,14,18H,5,7H2,1H3;2-8,10-11,16-17H,9H2,1H3. The third-order valence-electron chi connectivity index (χ3n) is 10.9. The molecule has 3 heterocycles. The van der Waals surface area contributed by atoms with E-state index < -0.39 is 0 Å². The van der Waals surface area contributed by atoms with Crippen molar-refractivity contribution in [1.82, 2.24) is 0 Å². The van der Waals surface area contributed by atoms with Crippen LogP contribution in [-0.4, -0.2) is 22.4 Å². The number of phenolic OH excluding ortho intramolecular Hbond substituents is 3. The van der Waals surface area contributed by atoms with E-state index in [9.17, 15) is 19.7 Å². The third-order valence-corrected chi connectivity index (χ3v) is 10.9. The molecule has 6 aromatic carbocycles. The Kier molecular flexibility index (Phi) is 11.9. The average molecular weight is 769 g/mol. The molecule has 0 aliphatic carbocycles. The summed E-state index contributed by atoms with van der Waals surface area (Å²) in [5, 5.41) is 28.7. The van der Waals surface area contributed by atoms with Crippen LogP contribution in [-0.2, 0) is 19.3 Å². The van der Waals surface area contributed by atoms with Gasteiger partial charge < -0.3 is 34.3 Å². The number of benzene rings is 6. The quantitative estimate of drug-likeness (QED) is 0.164. The molecule has 57 heavy (non-hydrogen) atoms. The van der Waals surface area contributed by atoms with Crippen molar-refractivity contribution in [3.63, 3.8) is 0 Å². The van der Waals surface area contributed by atoms with E-state index in [2.05, 4.69) is 50.2 Å². The van der Waals surface area contributed by atoms with E-state index in [1.165, 1.54) is 23.8 Å². The first-order chi connectivity index (χ1) is 27.6. The molecule has 0 amide bonds. The lowest BCUT2D eigenvalue weighted by molar-refractivity contribution is 0.123. The number of rotatable bonds is 4. The van der Waals surface area contributed by atoms with Crippen LogP contribution in [0.5, 0.6) is 40.2 Å². The summed E-state index contributed by atoms with van der Waals surface area (Å²) in [6.07, 6.45) is 4.14. The van der Waals surface area contributed by atoms with E-state index in [4.69, 9.17) is 18.9 Å². The summed E-state index contributed by atoms with van der Waals surface area (Å²) in [5.41, 5.74) is 8.26. The average Bonchev–Trinajstić information content (AvgIpc) is 3.22. The highest BCUT2D eigenvalue weighted by molar-refractivity contribution is 5.47. The van der Waals surface area contributed by atoms with Crippen LogP contribution in [0.15, 0.2) is 121 Å². The Morgan fingerprint density at radius 2 is 1.19 bits per heavy atom. The summed E-state index contributed by atoms with van der Waals surface area (Å²) in [6, 6.07) is 37.8. The Morgan fingerprint density at radius 3 is 1.89 bits per heavy atom. The van der Waals surface area contributed by atoms with Gasteiger partial charge in [0.05, 0.1) is 7.11 Å². The molecule has 3 aliphatic heterocycles. The van der Waals surface area contributed by atoms with Gasteiger partial charge in [-0.2, -0.15) is 0 Å². The molecule has 9 rings (SSSR count). The summed E-state index contributed by atoms with van der Waals surface area (Å²) in [5.74, 6) is 3.64. The summed E-state index contributed by atoms with van der Waals surface area (Å²) < 4.78 is 37.3. The van der Waals surface area contributed by atoms with E-state index >= 15 is 0 Å². The van der Waals surface area contributed by atoms with Gasteiger partial charge in [-0.05, 0) is 139 Å². The molecule has 4 atom stereocenters. The predicted octanol–water partition coefficient (Wildman–Crippen LogP) is 11.4. The van der Waals surface area contributed by atoms with Gasteiger partial charge in [0.25, 0.3) is 0 Å². The normalized spacial score (nSPS) is 18.9. The van der Waals surface area contributed by atoms with Gasteiger partial charge in [-0.3, -0.25) is 0 Å². The summed E-state index contributed by atoms with van der Waals surface area (Å²) in [6.45, 7) is 6.21. The van der Waals surface area contributed by atoms with Crippen molar-refractivity contribution in [2.24, 2.45) is 5.92 Å². The van der Waals surface area contributed by atoms with Gasteiger partial charge in [0.1, 0.15) is 52.8 Å². The number of halogens is 1. The molecule has 0 spiro atoms. The number of aromatic hydroxyl groups is 3. The Bertz CT molecular complexity index is 2320. The Labute approximate surface area is 333 Å². The molecule has 3 N–H and O–H groups in total. The van der Waals surface area contributed by atoms with E-state index in [0.29, 0.717) is 35.2 Å². The highest BCUT2D eigenvalue weighted by Crippen LogP contribution is 2.41. The Hall–Kier alpha value is -6.15. The minimum absolute atomic E-state index is 0.100. The Morgan fingerprint density at radius 1 is 0.596 bits per heavy atom. The molecule has 0 aromatic heterocycles. The maximum Gasteiger partial charge on any atom is 0.171 e. The fourth-order valence-electron chi connectivity index (χ4n) is 7.80. The first-order valence-electron chi connectivity index (χ1n) is 19.5. The van der Waals surface area contributed by atoms with Crippen LogP contribution in [0.2, 0.25) is 0 Å². The second kappa shape index (κ2) is 17.3. The molecule has 0 radical (unpaired) electrons. The van der Waals surface area contributed by atoms with Crippen LogP contribution in [0.4, 0.5) is 4.39 Å². The molecule has 0 saturated heterocycles. The van der Waals surface area contributed by atoms with Crippen molar-refractivity contribution in [3.05, 3.63) is 172 Å². The largest absolute Gasteiger partial charge is 0.508 e. The first kappa shape index (κ1) is 39.1. The fourth-order valence-corrected chi connectivity index (χ4v) is 7.80. The predicted molar refractivity (Wildman–Crippen MR) is 219 cm³/mol. The van der Waals surface area contributed by atoms with Crippen LogP contribution in [0.3, 0.4) is 0 Å².